The van der Waals surface area contributed by atoms with E-state index in [0.717, 1.165) is 24.7 Å². The lowest BCUT2D eigenvalue weighted by atomic mass is 9.87. The molecular formula is C13H18O. The quantitative estimate of drug-likeness (QED) is 0.581. The third-order valence-electron chi connectivity index (χ3n) is 4.90. The van der Waals surface area contributed by atoms with E-state index >= 15 is 0 Å². The van der Waals surface area contributed by atoms with Crippen molar-refractivity contribution in [3.05, 3.63) is 12.7 Å². The molecule has 0 N–H and O–H groups in total. The van der Waals surface area contributed by atoms with E-state index < -0.39 is 0 Å². The maximum Gasteiger partial charge on any atom is 0.136 e. The van der Waals surface area contributed by atoms with E-state index in [1.165, 1.54) is 19.3 Å². The maximum absolute atomic E-state index is 11.8. The molecule has 0 heterocycles. The molecule has 3 fully saturated rings. The van der Waals surface area contributed by atoms with E-state index in [0.29, 0.717) is 23.5 Å². The van der Waals surface area contributed by atoms with Gasteiger partial charge in [0.15, 0.2) is 0 Å². The summed E-state index contributed by atoms with van der Waals surface area (Å²) in [4.78, 5) is 11.8. The van der Waals surface area contributed by atoms with Crippen molar-refractivity contribution in [1.82, 2.24) is 0 Å². The fourth-order valence-corrected chi connectivity index (χ4v) is 4.49. The summed E-state index contributed by atoms with van der Waals surface area (Å²) >= 11 is 0. The van der Waals surface area contributed by atoms with Crippen LogP contribution in [0.5, 0.6) is 0 Å². The number of rotatable bonds is 1. The first-order valence-electron chi connectivity index (χ1n) is 5.98. The summed E-state index contributed by atoms with van der Waals surface area (Å²) in [6.45, 7) is 3.98. The van der Waals surface area contributed by atoms with E-state index in [1.54, 1.807) is 0 Å². The predicted octanol–water partition coefficient (Wildman–Crippen LogP) is 2.81. The summed E-state index contributed by atoms with van der Waals surface area (Å²) in [5, 5.41) is 0. The molecular weight excluding hydrogens is 172 g/mol. The molecule has 0 aromatic carbocycles. The second-order valence-corrected chi connectivity index (χ2v) is 5.27. The number of hydrogen-bond donors (Lipinski definition) is 0. The van der Waals surface area contributed by atoms with Gasteiger partial charge in [-0.25, -0.2) is 0 Å². The predicted molar refractivity (Wildman–Crippen MR) is 55.7 cm³/mol. The summed E-state index contributed by atoms with van der Waals surface area (Å²) in [7, 11) is 0. The van der Waals surface area contributed by atoms with E-state index in [9.17, 15) is 4.79 Å². The second kappa shape index (κ2) is 2.95. The highest BCUT2D eigenvalue weighted by Gasteiger charge is 2.55. The number of ketones is 1. The van der Waals surface area contributed by atoms with Gasteiger partial charge in [-0.05, 0) is 42.9 Å². The van der Waals surface area contributed by atoms with Gasteiger partial charge in [-0.2, -0.15) is 0 Å². The fourth-order valence-electron chi connectivity index (χ4n) is 4.49. The molecule has 0 saturated heterocycles. The first kappa shape index (κ1) is 8.70. The maximum atomic E-state index is 11.8. The van der Waals surface area contributed by atoms with Gasteiger partial charge in [0, 0.05) is 12.3 Å². The van der Waals surface area contributed by atoms with Crippen molar-refractivity contribution in [3.63, 3.8) is 0 Å². The Kier molecular flexibility index (Phi) is 1.83. The number of carbonyl (C=O) groups is 1. The average Bonchev–Trinajstić information content (AvgIpc) is 2.78. The van der Waals surface area contributed by atoms with Gasteiger partial charge >= 0.3 is 0 Å². The van der Waals surface area contributed by atoms with E-state index in [1.807, 2.05) is 0 Å². The molecule has 0 aliphatic heterocycles. The van der Waals surface area contributed by atoms with Crippen molar-refractivity contribution in [2.75, 3.05) is 0 Å². The Morgan fingerprint density at radius 2 is 1.93 bits per heavy atom. The molecule has 3 saturated carbocycles. The Morgan fingerprint density at radius 3 is 2.71 bits per heavy atom. The van der Waals surface area contributed by atoms with Crippen LogP contribution >= 0.6 is 0 Å². The molecule has 0 aromatic rings. The fraction of sp³-hybridized carbons (Fsp3) is 0.769. The standard InChI is InChI=1S/C13H18O/c1-2-8-9-4-3-5-10(9)13-11(8)6-7-12(13)14/h2,8-11,13H,1,3-7H2/t8-,9-,10-,11-,13+/m1/s1. The zero-order chi connectivity index (χ0) is 9.71. The highest BCUT2D eigenvalue weighted by Crippen LogP contribution is 2.58. The Hall–Kier alpha value is -0.590. The summed E-state index contributed by atoms with van der Waals surface area (Å²) in [5.41, 5.74) is 0. The van der Waals surface area contributed by atoms with Gasteiger partial charge in [0.25, 0.3) is 0 Å². The normalized spacial score (nSPS) is 50.6. The first-order valence-corrected chi connectivity index (χ1v) is 5.98. The van der Waals surface area contributed by atoms with Crippen molar-refractivity contribution in [3.8, 4) is 0 Å². The highest BCUT2D eigenvalue weighted by atomic mass is 16.1. The average molecular weight is 190 g/mol. The van der Waals surface area contributed by atoms with E-state index in [2.05, 4.69) is 12.7 Å². The molecule has 0 unspecified atom stereocenters. The number of fused-ring (bicyclic) bond motifs is 3. The van der Waals surface area contributed by atoms with Crippen LogP contribution in [0.25, 0.3) is 0 Å². The number of hydrogen-bond acceptors (Lipinski definition) is 1. The minimum Gasteiger partial charge on any atom is -0.299 e. The van der Waals surface area contributed by atoms with Gasteiger partial charge in [0.1, 0.15) is 5.78 Å². The minimum atomic E-state index is 0.436. The van der Waals surface area contributed by atoms with Gasteiger partial charge in [-0.3, -0.25) is 4.79 Å². The lowest BCUT2D eigenvalue weighted by Crippen LogP contribution is -2.17. The molecule has 3 aliphatic rings. The Morgan fingerprint density at radius 1 is 1.14 bits per heavy atom. The van der Waals surface area contributed by atoms with Crippen LogP contribution in [0.2, 0.25) is 0 Å². The van der Waals surface area contributed by atoms with Gasteiger partial charge in [0.05, 0.1) is 0 Å². The van der Waals surface area contributed by atoms with Gasteiger partial charge in [-0.15, -0.1) is 6.58 Å². The van der Waals surface area contributed by atoms with Crippen LogP contribution in [-0.2, 0) is 4.79 Å². The zero-order valence-electron chi connectivity index (χ0n) is 8.61. The van der Waals surface area contributed by atoms with Crippen molar-refractivity contribution in [1.29, 1.82) is 0 Å². The van der Waals surface area contributed by atoms with E-state index in [-0.39, 0.29) is 0 Å². The summed E-state index contributed by atoms with van der Waals surface area (Å²) < 4.78 is 0. The molecule has 0 radical (unpaired) electrons. The number of carbonyl (C=O) groups excluding carboxylic acids is 1. The third kappa shape index (κ3) is 0.933. The summed E-state index contributed by atoms with van der Waals surface area (Å²) in [6, 6.07) is 0. The zero-order valence-corrected chi connectivity index (χ0v) is 8.61. The van der Waals surface area contributed by atoms with Crippen LogP contribution < -0.4 is 0 Å². The third-order valence-corrected chi connectivity index (χ3v) is 4.90. The molecule has 76 valence electrons. The molecule has 5 atom stereocenters. The van der Waals surface area contributed by atoms with Crippen molar-refractivity contribution < 1.29 is 4.79 Å². The lowest BCUT2D eigenvalue weighted by molar-refractivity contribution is -0.122. The van der Waals surface area contributed by atoms with Gasteiger partial charge in [0.2, 0.25) is 0 Å². The Labute approximate surface area is 85.6 Å². The Bertz CT molecular complexity index is 281. The Balaban J connectivity index is 1.96. The summed E-state index contributed by atoms with van der Waals surface area (Å²) in [5.74, 6) is 3.89. The summed E-state index contributed by atoms with van der Waals surface area (Å²) in [6.07, 6.45) is 8.14. The monoisotopic (exact) mass is 190 g/mol. The van der Waals surface area contributed by atoms with Crippen LogP contribution in [0.15, 0.2) is 12.7 Å². The second-order valence-electron chi connectivity index (χ2n) is 5.27. The number of Topliss-reactive ketones (excluding diaryl/α,β-unsaturated/α-hetero) is 1. The smallest absolute Gasteiger partial charge is 0.136 e. The van der Waals surface area contributed by atoms with Crippen LogP contribution in [0, 0.1) is 29.6 Å². The van der Waals surface area contributed by atoms with Crippen LogP contribution in [-0.4, -0.2) is 5.78 Å². The SMILES string of the molecule is C=C[C@@H]1[C@H]2CCC[C@H]2[C@@H]2C(=O)CC[C@H]12. The molecule has 1 nitrogen and oxygen atoms in total. The van der Waals surface area contributed by atoms with Crippen LogP contribution in [0.4, 0.5) is 0 Å². The molecule has 0 amide bonds. The molecule has 0 spiro atoms. The minimum absolute atomic E-state index is 0.436. The molecule has 0 aromatic heterocycles. The van der Waals surface area contributed by atoms with E-state index in [4.69, 9.17) is 0 Å². The lowest BCUT2D eigenvalue weighted by Gasteiger charge is -2.18. The van der Waals surface area contributed by atoms with Crippen LogP contribution in [0.1, 0.15) is 32.1 Å². The van der Waals surface area contributed by atoms with Crippen molar-refractivity contribution in [2.45, 2.75) is 32.1 Å². The first-order chi connectivity index (χ1) is 6.83. The van der Waals surface area contributed by atoms with Gasteiger partial charge < -0.3 is 0 Å². The topological polar surface area (TPSA) is 17.1 Å². The molecule has 0 bridgehead atoms. The molecule has 1 heteroatoms. The molecule has 14 heavy (non-hydrogen) atoms. The largest absolute Gasteiger partial charge is 0.299 e. The van der Waals surface area contributed by atoms with Crippen molar-refractivity contribution >= 4 is 5.78 Å². The molecule has 3 aliphatic carbocycles. The number of allylic oxidation sites excluding steroid dienone is 1. The highest BCUT2D eigenvalue weighted by molar-refractivity contribution is 5.84. The van der Waals surface area contributed by atoms with Crippen LogP contribution in [0.3, 0.4) is 0 Å². The van der Waals surface area contributed by atoms with Crippen molar-refractivity contribution in [2.24, 2.45) is 29.6 Å². The van der Waals surface area contributed by atoms with Gasteiger partial charge in [-0.1, -0.05) is 12.5 Å². The molecule has 3 rings (SSSR count).